The Balaban J connectivity index is 0.00000180. The lowest BCUT2D eigenvalue weighted by atomic mass is 9.97. The van der Waals surface area contributed by atoms with Crippen molar-refractivity contribution in [2.45, 2.75) is 31.2 Å². The number of amides is 1. The summed E-state index contributed by atoms with van der Waals surface area (Å²) >= 11 is 0. The molecule has 0 spiro atoms. The molecule has 0 unspecified atom stereocenters. The second-order valence-corrected chi connectivity index (χ2v) is 4.77. The van der Waals surface area contributed by atoms with Crippen molar-refractivity contribution in [1.82, 2.24) is 5.32 Å². The number of benzene rings is 1. The van der Waals surface area contributed by atoms with E-state index in [9.17, 15) is 13.6 Å². The van der Waals surface area contributed by atoms with Gasteiger partial charge in [-0.25, -0.2) is 8.78 Å². The van der Waals surface area contributed by atoms with Gasteiger partial charge in [-0.1, -0.05) is 12.8 Å². The van der Waals surface area contributed by atoms with E-state index in [1.54, 1.807) is 0 Å². The molecule has 3 N–H and O–H groups in total. The summed E-state index contributed by atoms with van der Waals surface area (Å²) in [4.78, 5) is 12.0. The predicted octanol–water partition coefficient (Wildman–Crippen LogP) is 2.39. The summed E-state index contributed by atoms with van der Waals surface area (Å²) < 4.78 is 25.8. The Bertz CT molecular complexity index is 462. The molecule has 1 aliphatic rings. The lowest BCUT2D eigenvalue weighted by molar-refractivity contribution is 0.0902. The Morgan fingerprint density at radius 1 is 1.26 bits per heavy atom. The summed E-state index contributed by atoms with van der Waals surface area (Å²) in [6.45, 7) is 0.364. The van der Waals surface area contributed by atoms with Gasteiger partial charge in [0.05, 0.1) is 5.54 Å². The van der Waals surface area contributed by atoms with Crippen molar-refractivity contribution in [3.63, 3.8) is 0 Å². The highest BCUT2D eigenvalue weighted by molar-refractivity contribution is 5.94. The smallest absolute Gasteiger partial charge is 0.251 e. The van der Waals surface area contributed by atoms with Crippen molar-refractivity contribution in [3.8, 4) is 0 Å². The number of rotatable bonds is 3. The second kappa shape index (κ2) is 6.30. The van der Waals surface area contributed by atoms with Gasteiger partial charge in [0.25, 0.3) is 5.91 Å². The molecule has 0 atom stereocenters. The average molecular weight is 291 g/mol. The summed E-state index contributed by atoms with van der Waals surface area (Å²) in [5, 5.41) is 2.85. The molecule has 1 aliphatic carbocycles. The zero-order valence-corrected chi connectivity index (χ0v) is 11.2. The van der Waals surface area contributed by atoms with Crippen molar-refractivity contribution in [3.05, 3.63) is 35.4 Å². The van der Waals surface area contributed by atoms with Crippen LogP contribution in [0.25, 0.3) is 0 Å². The molecule has 0 bridgehead atoms. The van der Waals surface area contributed by atoms with Crippen LogP contribution in [0.15, 0.2) is 18.2 Å². The summed E-state index contributed by atoms with van der Waals surface area (Å²) in [5.74, 6) is -2.38. The van der Waals surface area contributed by atoms with Gasteiger partial charge >= 0.3 is 0 Å². The van der Waals surface area contributed by atoms with Crippen molar-refractivity contribution in [1.29, 1.82) is 0 Å². The number of nitrogens with one attached hydrogen (secondary N) is 1. The highest BCUT2D eigenvalue weighted by atomic mass is 35.5. The van der Waals surface area contributed by atoms with Gasteiger partial charge in [-0.2, -0.15) is 0 Å². The fourth-order valence-electron chi connectivity index (χ4n) is 2.38. The molecule has 1 aromatic carbocycles. The SMILES string of the molecule is Cl.NCC1(NC(=O)c2ccc(F)c(F)c2)CCCC1. The molecule has 0 aliphatic heterocycles. The highest BCUT2D eigenvalue weighted by Gasteiger charge is 2.34. The third-order valence-electron chi connectivity index (χ3n) is 3.51. The zero-order chi connectivity index (χ0) is 13.2. The number of halogens is 3. The molecule has 0 heterocycles. The van der Waals surface area contributed by atoms with E-state index in [0.29, 0.717) is 6.54 Å². The van der Waals surface area contributed by atoms with Gasteiger partial charge < -0.3 is 11.1 Å². The van der Waals surface area contributed by atoms with Gasteiger partial charge in [0.1, 0.15) is 0 Å². The van der Waals surface area contributed by atoms with Crippen LogP contribution in [0.3, 0.4) is 0 Å². The molecule has 1 aromatic rings. The van der Waals surface area contributed by atoms with E-state index in [-0.39, 0.29) is 23.5 Å². The molecule has 106 valence electrons. The van der Waals surface area contributed by atoms with Gasteiger partial charge in [-0.15, -0.1) is 12.4 Å². The lowest BCUT2D eigenvalue weighted by Gasteiger charge is -2.28. The maximum absolute atomic E-state index is 13.1. The van der Waals surface area contributed by atoms with Gasteiger partial charge in [0.2, 0.25) is 0 Å². The van der Waals surface area contributed by atoms with Crippen LogP contribution >= 0.6 is 12.4 Å². The maximum atomic E-state index is 13.1. The topological polar surface area (TPSA) is 55.1 Å². The van der Waals surface area contributed by atoms with Gasteiger partial charge in [0, 0.05) is 12.1 Å². The van der Waals surface area contributed by atoms with E-state index in [1.165, 1.54) is 6.07 Å². The minimum Gasteiger partial charge on any atom is -0.345 e. The molecule has 3 nitrogen and oxygen atoms in total. The van der Waals surface area contributed by atoms with Gasteiger partial charge in [-0.3, -0.25) is 4.79 Å². The van der Waals surface area contributed by atoms with Crippen molar-refractivity contribution < 1.29 is 13.6 Å². The lowest BCUT2D eigenvalue weighted by Crippen LogP contribution is -2.51. The van der Waals surface area contributed by atoms with Crippen LogP contribution in [-0.2, 0) is 0 Å². The summed E-state index contributed by atoms with van der Waals surface area (Å²) in [7, 11) is 0. The molecule has 6 heteroatoms. The predicted molar refractivity (Wildman–Crippen MR) is 71.3 cm³/mol. The number of carbonyl (C=O) groups is 1. The quantitative estimate of drug-likeness (QED) is 0.898. The first kappa shape index (κ1) is 15.9. The molecule has 19 heavy (non-hydrogen) atoms. The molecular weight excluding hydrogens is 274 g/mol. The summed E-state index contributed by atoms with van der Waals surface area (Å²) in [5.41, 5.74) is 5.43. The number of hydrogen-bond acceptors (Lipinski definition) is 2. The molecule has 1 fully saturated rings. The van der Waals surface area contributed by atoms with E-state index >= 15 is 0 Å². The second-order valence-electron chi connectivity index (χ2n) is 4.77. The third kappa shape index (κ3) is 3.42. The fraction of sp³-hybridized carbons (Fsp3) is 0.462. The van der Waals surface area contributed by atoms with Crippen molar-refractivity contribution >= 4 is 18.3 Å². The van der Waals surface area contributed by atoms with E-state index in [2.05, 4.69) is 5.32 Å². The van der Waals surface area contributed by atoms with Crippen molar-refractivity contribution in [2.24, 2.45) is 5.73 Å². The highest BCUT2D eigenvalue weighted by Crippen LogP contribution is 2.29. The Hall–Kier alpha value is -1.20. The van der Waals surface area contributed by atoms with Crippen LogP contribution in [0.4, 0.5) is 8.78 Å². The standard InChI is InChI=1S/C13H16F2N2O.ClH/c14-10-4-3-9(7-11(10)15)12(18)17-13(8-16)5-1-2-6-13;/h3-4,7H,1-2,5-6,8,16H2,(H,17,18);1H. The van der Waals surface area contributed by atoms with Crippen LogP contribution in [0.2, 0.25) is 0 Å². The first-order valence-corrected chi connectivity index (χ1v) is 6.04. The van der Waals surface area contributed by atoms with Gasteiger partial charge in [0.15, 0.2) is 11.6 Å². The third-order valence-corrected chi connectivity index (χ3v) is 3.51. The largest absolute Gasteiger partial charge is 0.345 e. The Kier molecular flexibility index (Phi) is 5.26. The zero-order valence-electron chi connectivity index (χ0n) is 10.4. The monoisotopic (exact) mass is 290 g/mol. The molecule has 0 aromatic heterocycles. The number of hydrogen-bond donors (Lipinski definition) is 2. The molecular formula is C13H17ClF2N2O. The van der Waals surface area contributed by atoms with E-state index in [0.717, 1.165) is 37.8 Å². The molecule has 1 saturated carbocycles. The van der Waals surface area contributed by atoms with E-state index < -0.39 is 17.5 Å². The Morgan fingerprint density at radius 3 is 2.42 bits per heavy atom. The van der Waals surface area contributed by atoms with Crippen LogP contribution in [0.5, 0.6) is 0 Å². The fourth-order valence-corrected chi connectivity index (χ4v) is 2.38. The van der Waals surface area contributed by atoms with Crippen LogP contribution in [0, 0.1) is 11.6 Å². The molecule has 1 amide bonds. The minimum atomic E-state index is -1.02. The van der Waals surface area contributed by atoms with Gasteiger partial charge in [-0.05, 0) is 31.0 Å². The first-order chi connectivity index (χ1) is 8.56. The van der Waals surface area contributed by atoms with Crippen molar-refractivity contribution in [2.75, 3.05) is 6.54 Å². The number of nitrogens with two attached hydrogens (primary N) is 1. The first-order valence-electron chi connectivity index (χ1n) is 6.04. The van der Waals surface area contributed by atoms with Crippen LogP contribution in [-0.4, -0.2) is 18.0 Å². The Labute approximate surface area is 117 Å². The molecule has 0 radical (unpaired) electrons. The van der Waals surface area contributed by atoms with E-state index in [4.69, 9.17) is 5.73 Å². The number of carbonyl (C=O) groups excluding carboxylic acids is 1. The Morgan fingerprint density at radius 2 is 1.89 bits per heavy atom. The molecule has 0 saturated heterocycles. The van der Waals surface area contributed by atoms with Crippen LogP contribution < -0.4 is 11.1 Å². The maximum Gasteiger partial charge on any atom is 0.251 e. The molecule has 2 rings (SSSR count). The normalized spacial score (nSPS) is 16.8. The summed E-state index contributed by atoms with van der Waals surface area (Å²) in [6, 6.07) is 3.13. The van der Waals surface area contributed by atoms with E-state index in [1.807, 2.05) is 0 Å². The average Bonchev–Trinajstić information content (AvgIpc) is 2.82. The van der Waals surface area contributed by atoms with Crippen LogP contribution in [0.1, 0.15) is 36.0 Å². The summed E-state index contributed by atoms with van der Waals surface area (Å²) in [6.07, 6.45) is 3.71. The minimum absolute atomic E-state index is 0.